The van der Waals surface area contributed by atoms with E-state index < -0.39 is 5.69 Å². The van der Waals surface area contributed by atoms with E-state index in [2.05, 4.69) is 19.9 Å². The molecule has 5 aromatic rings. The minimum absolute atomic E-state index is 0. The van der Waals surface area contributed by atoms with Crippen molar-refractivity contribution < 1.29 is 70.6 Å². The van der Waals surface area contributed by atoms with Crippen LogP contribution in [0.4, 0.5) is 5.69 Å². The van der Waals surface area contributed by atoms with Gasteiger partial charge in [0.15, 0.2) is 0 Å². The molecule has 0 amide bonds. The highest BCUT2D eigenvalue weighted by Crippen LogP contribution is 2.13. The van der Waals surface area contributed by atoms with Crippen molar-refractivity contribution in [3.63, 3.8) is 0 Å². The lowest BCUT2D eigenvalue weighted by molar-refractivity contribution is -0.00100. The summed E-state index contributed by atoms with van der Waals surface area (Å²) in [6, 6.07) is 22.7. The molecule has 0 radical (unpaired) electrons. The topological polar surface area (TPSA) is 118 Å². The summed E-state index contributed by atoms with van der Waals surface area (Å²) in [6.07, 6.45) is 0. The van der Waals surface area contributed by atoms with Crippen LogP contribution in [-0.4, -0.2) is 19.9 Å². The molecule has 3 aromatic carbocycles. The first kappa shape index (κ1) is 125. The second kappa shape index (κ2) is 71.1. The third-order valence-electron chi connectivity index (χ3n) is 4.74. The number of nitrogens with two attached hydrogens (primary N) is 1. The average Bonchev–Trinajstić information content (AvgIpc) is 2.94. The standard InChI is InChI=1S/C10H10N2.C8H6N2O2.C7H9N.3C2H6.3CH4.15FH/c1-7-9-5-3-4-6-10(9)12-8(2)11-7;11-7-5-3-1-2-4-6(5)9-8(12)10-7;1-6-4-2-3-5-7(6)8;3*1-2;;;;;;;;;;;;;;;;;;/h3-6H,1-2H3;1-4H,(H2,9,10,11,12);2-5H,8H2,1H3;3*1-2H3;3*1H4;15*1H/p-15. The lowest BCUT2D eigenvalue weighted by atomic mass is 10.2. The second-order valence-corrected chi connectivity index (χ2v) is 7.18. The minimum atomic E-state index is -0.473. The summed E-state index contributed by atoms with van der Waals surface area (Å²) < 4.78 is 0. The number of rotatable bonds is 0. The van der Waals surface area contributed by atoms with Crippen LogP contribution in [-0.2, 0) is 0 Å². The summed E-state index contributed by atoms with van der Waals surface area (Å²) in [5.74, 6) is 0.839. The Morgan fingerprint density at radius 2 is 0.821 bits per heavy atom. The molecule has 4 N–H and O–H groups in total. The first-order valence-corrected chi connectivity index (χ1v) is 13.1. The van der Waals surface area contributed by atoms with Crippen molar-refractivity contribution in [2.75, 3.05) is 5.73 Å². The molecular formula is C34H55F15N5O2-15. The van der Waals surface area contributed by atoms with Crippen LogP contribution in [0.15, 0.2) is 82.4 Å². The molecular weight excluding hydrogens is 795 g/mol. The minimum Gasteiger partial charge on any atom is -1.00 e. The fourth-order valence-electron chi connectivity index (χ4n) is 3.08. The Morgan fingerprint density at radius 1 is 0.464 bits per heavy atom. The SMILES string of the molecule is C.C.C.CC.CC.CC.Cc1ccccc1N.Cc1nc(C)c2ccccc2n1.O=c1[nH]c(=O)c2ccccc2[nH]1.[F-].[F-].[F-].[F-].[F-].[F-].[F-].[F-].[F-].[F-].[F-].[F-].[F-].[F-].[F-]. The molecule has 0 atom stereocenters. The predicted octanol–water partition coefficient (Wildman–Crippen LogP) is -35.9. The predicted molar refractivity (Wildman–Crippen MR) is 184 cm³/mol. The Hall–Kier alpha value is -5.31. The molecule has 0 unspecified atom stereocenters. The molecule has 22 heteroatoms. The van der Waals surface area contributed by atoms with Crippen LogP contribution in [0.5, 0.6) is 0 Å². The number of anilines is 1. The van der Waals surface area contributed by atoms with E-state index in [4.69, 9.17) is 5.73 Å². The van der Waals surface area contributed by atoms with Gasteiger partial charge in [-0.25, -0.2) is 14.8 Å². The number of fused-ring (bicyclic) bond motifs is 2. The Balaban J connectivity index is -0.0000000177. The number of benzene rings is 3. The van der Waals surface area contributed by atoms with Crippen molar-refractivity contribution in [3.8, 4) is 0 Å². The van der Waals surface area contributed by atoms with Gasteiger partial charge in [0.2, 0.25) is 0 Å². The Kier molecular flexibility index (Phi) is 158. The lowest BCUT2D eigenvalue weighted by Crippen LogP contribution is -3.00. The van der Waals surface area contributed by atoms with E-state index in [-0.39, 0.29) is 98.4 Å². The fraction of sp³-hybridized carbons (Fsp3) is 0.353. The normalized spacial score (nSPS) is 6.09. The van der Waals surface area contributed by atoms with Gasteiger partial charge in [0.05, 0.1) is 16.4 Å². The number of aromatic nitrogens is 4. The van der Waals surface area contributed by atoms with Gasteiger partial charge in [0.1, 0.15) is 5.82 Å². The van der Waals surface area contributed by atoms with E-state index >= 15 is 0 Å². The smallest absolute Gasteiger partial charge is 0.326 e. The average molecular weight is 851 g/mol. The van der Waals surface area contributed by atoms with E-state index in [0.717, 1.165) is 33.7 Å². The number of hydrogen-bond donors (Lipinski definition) is 3. The van der Waals surface area contributed by atoms with Crippen LogP contribution in [0.3, 0.4) is 0 Å². The number of hydrogen-bond acceptors (Lipinski definition) is 5. The van der Waals surface area contributed by atoms with Gasteiger partial charge in [-0.05, 0) is 50.6 Å². The van der Waals surface area contributed by atoms with E-state index in [1.807, 2.05) is 111 Å². The highest BCUT2D eigenvalue weighted by atomic mass is 19.0. The molecule has 56 heavy (non-hydrogen) atoms. The number of H-pyrrole nitrogens is 2. The van der Waals surface area contributed by atoms with Crippen molar-refractivity contribution in [2.45, 2.75) is 84.6 Å². The van der Waals surface area contributed by atoms with Crippen molar-refractivity contribution in [3.05, 3.63) is 111 Å². The Morgan fingerprint density at radius 3 is 1.21 bits per heavy atom. The molecule has 2 heterocycles. The zero-order valence-electron chi connectivity index (χ0n) is 29.9. The summed E-state index contributed by atoms with van der Waals surface area (Å²) in [5, 5.41) is 1.64. The summed E-state index contributed by atoms with van der Waals surface area (Å²) in [4.78, 5) is 35.2. The molecule has 0 saturated carbocycles. The van der Waals surface area contributed by atoms with Crippen molar-refractivity contribution in [2.24, 2.45) is 0 Å². The van der Waals surface area contributed by atoms with E-state index in [1.54, 1.807) is 24.3 Å². The monoisotopic (exact) mass is 850 g/mol. The molecule has 0 aliphatic heterocycles. The molecule has 0 aliphatic rings. The quantitative estimate of drug-likeness (QED) is 0.106. The summed E-state index contributed by atoms with van der Waals surface area (Å²) in [5.41, 5.74) is 9.35. The molecule has 0 aliphatic carbocycles. The van der Waals surface area contributed by atoms with Crippen LogP contribution in [0.1, 0.15) is 80.9 Å². The molecule has 0 fully saturated rings. The molecule has 5 rings (SSSR count). The number of aromatic amines is 2. The number of halogens is 15. The molecule has 0 bridgehead atoms. The molecule has 0 saturated heterocycles. The molecule has 0 spiro atoms. The fourth-order valence-corrected chi connectivity index (χ4v) is 3.08. The highest BCUT2D eigenvalue weighted by molar-refractivity contribution is 5.80. The van der Waals surface area contributed by atoms with Gasteiger partial charge in [0.25, 0.3) is 5.56 Å². The molecule has 7 nitrogen and oxygen atoms in total. The lowest BCUT2D eigenvalue weighted by Gasteiger charge is -2.00. The van der Waals surface area contributed by atoms with Gasteiger partial charge in [-0.15, -0.1) is 0 Å². The number of nitrogens with zero attached hydrogens (tertiary/aromatic N) is 2. The van der Waals surface area contributed by atoms with Crippen molar-refractivity contribution in [1.29, 1.82) is 0 Å². The Labute approximate surface area is 319 Å². The summed E-state index contributed by atoms with van der Waals surface area (Å²) in [7, 11) is 0. The zero-order chi connectivity index (χ0) is 29.1. The van der Waals surface area contributed by atoms with E-state index in [1.165, 1.54) is 0 Å². The largest absolute Gasteiger partial charge is 1.00 e. The van der Waals surface area contributed by atoms with Crippen LogP contribution < -0.4 is 87.5 Å². The van der Waals surface area contributed by atoms with Gasteiger partial charge in [-0.3, -0.25) is 9.78 Å². The van der Waals surface area contributed by atoms with Gasteiger partial charge in [-0.1, -0.05) is 112 Å². The van der Waals surface area contributed by atoms with Crippen LogP contribution in [0, 0.1) is 20.8 Å². The van der Waals surface area contributed by atoms with Gasteiger partial charge in [-0.2, -0.15) is 0 Å². The first-order chi connectivity index (χ1) is 18.3. The maximum Gasteiger partial charge on any atom is 0.326 e. The number of aryl methyl sites for hydroxylation is 3. The van der Waals surface area contributed by atoms with Gasteiger partial charge in [0, 0.05) is 16.8 Å². The van der Waals surface area contributed by atoms with Gasteiger partial charge >= 0.3 is 5.69 Å². The molecule has 2 aromatic heterocycles. The number of nitrogen functional groups attached to an aromatic ring is 1. The second-order valence-electron chi connectivity index (χ2n) is 7.18. The summed E-state index contributed by atoms with van der Waals surface area (Å²) >= 11 is 0. The van der Waals surface area contributed by atoms with Crippen molar-refractivity contribution >= 4 is 27.5 Å². The maximum atomic E-state index is 11.1. The van der Waals surface area contributed by atoms with Gasteiger partial charge < -0.3 is 81.3 Å². The summed E-state index contributed by atoms with van der Waals surface area (Å²) in [6.45, 7) is 17.9. The van der Waals surface area contributed by atoms with E-state index in [0.29, 0.717) is 10.9 Å². The third kappa shape index (κ3) is 41.4. The highest BCUT2D eigenvalue weighted by Gasteiger charge is 1.99. The van der Waals surface area contributed by atoms with Crippen LogP contribution in [0.25, 0.3) is 21.8 Å². The van der Waals surface area contributed by atoms with Crippen LogP contribution >= 0.6 is 0 Å². The number of nitrogens with one attached hydrogen (secondary N) is 2. The van der Waals surface area contributed by atoms with Crippen molar-refractivity contribution in [1.82, 2.24) is 19.9 Å². The third-order valence-corrected chi connectivity index (χ3v) is 4.74. The molecule has 348 valence electrons. The number of para-hydroxylation sites is 3. The van der Waals surface area contributed by atoms with E-state index in [9.17, 15) is 9.59 Å². The maximum absolute atomic E-state index is 11.1. The van der Waals surface area contributed by atoms with Crippen LogP contribution in [0.2, 0.25) is 0 Å². The first-order valence-electron chi connectivity index (χ1n) is 13.1. The Bertz CT molecular complexity index is 1500. The zero-order valence-corrected chi connectivity index (χ0v) is 29.9.